The summed E-state index contributed by atoms with van der Waals surface area (Å²) in [5.41, 5.74) is 1.53. The number of hydrogen-bond donors (Lipinski definition) is 1. The molecule has 2 aromatic rings. The van der Waals surface area contributed by atoms with E-state index in [-0.39, 0.29) is 24.1 Å². The van der Waals surface area contributed by atoms with Crippen LogP contribution in [0.2, 0.25) is 5.02 Å². The minimum atomic E-state index is -0.360. The quantitative estimate of drug-likeness (QED) is 0.844. The summed E-state index contributed by atoms with van der Waals surface area (Å²) in [7, 11) is 0. The van der Waals surface area contributed by atoms with E-state index in [0.717, 1.165) is 0 Å². The van der Waals surface area contributed by atoms with Gasteiger partial charge in [0, 0.05) is 28.9 Å². The van der Waals surface area contributed by atoms with Crippen molar-refractivity contribution >= 4 is 40.6 Å². The van der Waals surface area contributed by atoms with Gasteiger partial charge in [-0.25, -0.2) is 0 Å². The zero-order valence-electron chi connectivity index (χ0n) is 13.4. The van der Waals surface area contributed by atoms with E-state index < -0.39 is 0 Å². The van der Waals surface area contributed by atoms with Gasteiger partial charge in [-0.3, -0.25) is 14.4 Å². The molecule has 5 nitrogen and oxygen atoms in total. The van der Waals surface area contributed by atoms with Gasteiger partial charge in [0.25, 0.3) is 0 Å². The number of carbonyl (C=O) groups excluding carboxylic acids is 3. The van der Waals surface area contributed by atoms with Crippen molar-refractivity contribution in [2.45, 2.75) is 13.8 Å². The minimum Gasteiger partial charge on any atom is -0.324 e. The lowest BCUT2D eigenvalue weighted by Gasteiger charge is -2.21. The summed E-state index contributed by atoms with van der Waals surface area (Å²) in [6.45, 7) is 2.65. The molecule has 2 amide bonds. The average Bonchev–Trinajstić information content (AvgIpc) is 2.52. The zero-order chi connectivity index (χ0) is 17.7. The summed E-state index contributed by atoms with van der Waals surface area (Å²) < 4.78 is 0. The van der Waals surface area contributed by atoms with Gasteiger partial charge in [0.05, 0.1) is 0 Å². The van der Waals surface area contributed by atoms with Crippen LogP contribution in [0.25, 0.3) is 0 Å². The van der Waals surface area contributed by atoms with Crippen LogP contribution in [0.15, 0.2) is 48.5 Å². The number of nitrogens with one attached hydrogen (secondary N) is 1. The molecule has 2 rings (SSSR count). The molecule has 0 aromatic heterocycles. The Bertz CT molecular complexity index is 789. The van der Waals surface area contributed by atoms with Crippen LogP contribution in [0, 0.1) is 0 Å². The molecule has 0 spiro atoms. The van der Waals surface area contributed by atoms with Crippen LogP contribution in [0.3, 0.4) is 0 Å². The first-order valence-electron chi connectivity index (χ1n) is 7.31. The standard InChI is InChI=1S/C18H17ClN2O3/c1-12(22)14-5-3-8-17(9-14)21(13(2)23)11-18(24)20-16-7-4-6-15(19)10-16/h3-10H,11H2,1-2H3,(H,20,24). The Morgan fingerprint density at radius 1 is 1.04 bits per heavy atom. The van der Waals surface area contributed by atoms with Crippen molar-refractivity contribution in [2.75, 3.05) is 16.8 Å². The SMILES string of the molecule is CC(=O)c1cccc(N(CC(=O)Nc2cccc(Cl)c2)C(C)=O)c1. The lowest BCUT2D eigenvalue weighted by Crippen LogP contribution is -2.36. The fourth-order valence-corrected chi connectivity index (χ4v) is 2.38. The second-order valence-corrected chi connectivity index (χ2v) is 5.71. The van der Waals surface area contributed by atoms with Crippen LogP contribution in [0.4, 0.5) is 11.4 Å². The van der Waals surface area contributed by atoms with E-state index in [2.05, 4.69) is 5.32 Å². The summed E-state index contributed by atoms with van der Waals surface area (Å²) in [6, 6.07) is 13.4. The van der Waals surface area contributed by atoms with Crippen molar-refractivity contribution in [3.63, 3.8) is 0 Å². The highest BCUT2D eigenvalue weighted by atomic mass is 35.5. The number of ketones is 1. The number of rotatable bonds is 5. The van der Waals surface area contributed by atoms with E-state index in [1.54, 1.807) is 48.5 Å². The van der Waals surface area contributed by atoms with Crippen LogP contribution in [-0.4, -0.2) is 24.1 Å². The lowest BCUT2D eigenvalue weighted by molar-refractivity contribution is -0.120. The Kier molecular flexibility index (Phi) is 5.71. The highest BCUT2D eigenvalue weighted by Crippen LogP contribution is 2.18. The van der Waals surface area contributed by atoms with Gasteiger partial charge < -0.3 is 10.2 Å². The molecule has 0 saturated heterocycles. The molecule has 0 aliphatic carbocycles. The van der Waals surface area contributed by atoms with E-state index in [4.69, 9.17) is 11.6 Å². The Balaban J connectivity index is 2.16. The van der Waals surface area contributed by atoms with Crippen molar-refractivity contribution in [3.05, 3.63) is 59.1 Å². The molecule has 0 atom stereocenters. The molecule has 2 aromatic carbocycles. The molecule has 6 heteroatoms. The lowest BCUT2D eigenvalue weighted by atomic mass is 10.1. The van der Waals surface area contributed by atoms with E-state index in [1.165, 1.54) is 18.7 Å². The number of Topliss-reactive ketones (excluding diaryl/α,β-unsaturated/α-hetero) is 1. The van der Waals surface area contributed by atoms with E-state index in [9.17, 15) is 14.4 Å². The summed E-state index contributed by atoms with van der Waals surface area (Å²) in [5.74, 6) is -0.763. The number of nitrogens with zero attached hydrogens (tertiary/aromatic N) is 1. The second-order valence-electron chi connectivity index (χ2n) is 5.27. The van der Waals surface area contributed by atoms with Gasteiger partial charge in [0.15, 0.2) is 5.78 Å². The van der Waals surface area contributed by atoms with Crippen molar-refractivity contribution in [1.82, 2.24) is 0 Å². The van der Waals surface area contributed by atoms with Gasteiger partial charge >= 0.3 is 0 Å². The van der Waals surface area contributed by atoms with Crippen molar-refractivity contribution in [1.29, 1.82) is 0 Å². The third-order valence-corrected chi connectivity index (χ3v) is 3.59. The summed E-state index contributed by atoms with van der Waals surface area (Å²) in [6.07, 6.45) is 0. The molecule has 0 fully saturated rings. The highest BCUT2D eigenvalue weighted by molar-refractivity contribution is 6.30. The van der Waals surface area contributed by atoms with E-state index in [0.29, 0.717) is 22.0 Å². The molecular formula is C18H17ClN2O3. The first kappa shape index (κ1) is 17.7. The smallest absolute Gasteiger partial charge is 0.244 e. The van der Waals surface area contributed by atoms with Gasteiger partial charge in [-0.2, -0.15) is 0 Å². The minimum absolute atomic E-state index is 0.108. The molecule has 1 N–H and O–H groups in total. The molecule has 0 bridgehead atoms. The molecule has 0 saturated carbocycles. The largest absolute Gasteiger partial charge is 0.324 e. The fraction of sp³-hybridized carbons (Fsp3) is 0.167. The normalized spacial score (nSPS) is 10.1. The predicted molar refractivity (Wildman–Crippen MR) is 94.6 cm³/mol. The Morgan fingerprint density at radius 3 is 2.38 bits per heavy atom. The van der Waals surface area contributed by atoms with E-state index in [1.807, 2.05) is 0 Å². The third-order valence-electron chi connectivity index (χ3n) is 3.35. The molecular weight excluding hydrogens is 328 g/mol. The number of amides is 2. The van der Waals surface area contributed by atoms with Crippen LogP contribution in [0.5, 0.6) is 0 Å². The maximum atomic E-state index is 12.2. The number of halogens is 1. The van der Waals surface area contributed by atoms with Crippen molar-refractivity contribution in [2.24, 2.45) is 0 Å². The molecule has 124 valence electrons. The molecule has 0 unspecified atom stereocenters. The van der Waals surface area contributed by atoms with Gasteiger partial charge in [0.1, 0.15) is 6.54 Å². The average molecular weight is 345 g/mol. The molecule has 0 radical (unpaired) electrons. The number of hydrogen-bond acceptors (Lipinski definition) is 3. The van der Waals surface area contributed by atoms with Gasteiger partial charge in [-0.15, -0.1) is 0 Å². The number of anilines is 2. The van der Waals surface area contributed by atoms with Crippen LogP contribution in [0.1, 0.15) is 24.2 Å². The van der Waals surface area contributed by atoms with Gasteiger partial charge in [0.2, 0.25) is 11.8 Å². The van der Waals surface area contributed by atoms with E-state index >= 15 is 0 Å². The third kappa shape index (κ3) is 4.67. The molecule has 0 aliphatic heterocycles. The first-order valence-corrected chi connectivity index (χ1v) is 7.69. The molecule has 0 heterocycles. The number of benzene rings is 2. The maximum absolute atomic E-state index is 12.2. The van der Waals surface area contributed by atoms with Crippen LogP contribution in [-0.2, 0) is 9.59 Å². The second kappa shape index (κ2) is 7.75. The highest BCUT2D eigenvalue weighted by Gasteiger charge is 2.17. The predicted octanol–water partition coefficient (Wildman–Crippen LogP) is 3.53. The van der Waals surface area contributed by atoms with Crippen LogP contribution >= 0.6 is 11.6 Å². The van der Waals surface area contributed by atoms with Crippen LogP contribution < -0.4 is 10.2 Å². The summed E-state index contributed by atoms with van der Waals surface area (Å²) >= 11 is 5.88. The summed E-state index contributed by atoms with van der Waals surface area (Å²) in [5, 5.41) is 3.20. The topological polar surface area (TPSA) is 66.5 Å². The Morgan fingerprint density at radius 2 is 1.75 bits per heavy atom. The fourth-order valence-electron chi connectivity index (χ4n) is 2.19. The van der Waals surface area contributed by atoms with Gasteiger partial charge in [-0.1, -0.05) is 29.8 Å². The van der Waals surface area contributed by atoms with Crippen molar-refractivity contribution in [3.8, 4) is 0 Å². The molecule has 0 aliphatic rings. The maximum Gasteiger partial charge on any atom is 0.244 e. The number of carbonyl (C=O) groups is 3. The Labute approximate surface area is 145 Å². The summed E-state index contributed by atoms with van der Waals surface area (Å²) in [4.78, 5) is 36.9. The Hall–Kier alpha value is -2.66. The van der Waals surface area contributed by atoms with Gasteiger partial charge in [-0.05, 0) is 37.3 Å². The monoisotopic (exact) mass is 344 g/mol. The molecule has 24 heavy (non-hydrogen) atoms. The first-order chi connectivity index (χ1) is 11.4. The zero-order valence-corrected chi connectivity index (χ0v) is 14.1. The van der Waals surface area contributed by atoms with Crippen molar-refractivity contribution < 1.29 is 14.4 Å².